The predicted octanol–water partition coefficient (Wildman–Crippen LogP) is 4.30. The highest BCUT2D eigenvalue weighted by atomic mass is 79.9. The fourth-order valence-electron chi connectivity index (χ4n) is 2.39. The molecule has 0 saturated heterocycles. The number of benzene rings is 2. The van der Waals surface area contributed by atoms with Crippen LogP contribution in [0.2, 0.25) is 0 Å². The van der Waals surface area contributed by atoms with Crippen LogP contribution >= 0.6 is 15.9 Å². The van der Waals surface area contributed by atoms with Crippen molar-refractivity contribution < 1.29 is 9.21 Å². The normalized spacial score (nSPS) is 10.6. The molecule has 1 amide bonds. The number of anilines is 1. The molecule has 0 unspecified atom stereocenters. The summed E-state index contributed by atoms with van der Waals surface area (Å²) in [4.78, 5) is 12.2. The first kappa shape index (κ1) is 16.4. The molecule has 1 heterocycles. The van der Waals surface area contributed by atoms with Gasteiger partial charge in [0.1, 0.15) is 0 Å². The molecule has 0 aliphatic rings. The third-order valence-electron chi connectivity index (χ3n) is 3.59. The zero-order valence-corrected chi connectivity index (χ0v) is 14.9. The topological polar surface area (TPSA) is 68.0 Å². The molecule has 3 aromatic rings. The highest BCUT2D eigenvalue weighted by Crippen LogP contribution is 2.23. The van der Waals surface area contributed by atoms with Crippen LogP contribution in [-0.4, -0.2) is 16.1 Å². The fraction of sp³-hybridized carbons (Fsp3) is 0.167. The lowest BCUT2D eigenvalue weighted by molar-refractivity contribution is -0.115. The summed E-state index contributed by atoms with van der Waals surface area (Å²) in [5.74, 6) is 0.171. The van der Waals surface area contributed by atoms with Gasteiger partial charge in [0.2, 0.25) is 11.8 Å². The standard InChI is InChI=1S/C18H16BrN3O2/c1-11-6-7-13(12(2)8-11)10-16(23)20-18-22-21-17(24-18)14-4-3-5-15(19)9-14/h3-9H,10H2,1-2H3,(H,20,22,23). The lowest BCUT2D eigenvalue weighted by Crippen LogP contribution is -2.15. The van der Waals surface area contributed by atoms with Gasteiger partial charge >= 0.3 is 6.01 Å². The van der Waals surface area contributed by atoms with Crippen molar-refractivity contribution in [1.29, 1.82) is 0 Å². The van der Waals surface area contributed by atoms with Gasteiger partial charge in [0.05, 0.1) is 6.42 Å². The number of carbonyl (C=O) groups is 1. The third kappa shape index (κ3) is 3.89. The summed E-state index contributed by atoms with van der Waals surface area (Å²) in [5.41, 5.74) is 4.02. The Morgan fingerprint density at radius 2 is 2.00 bits per heavy atom. The van der Waals surface area contributed by atoms with E-state index in [1.54, 1.807) is 0 Å². The van der Waals surface area contributed by atoms with Crippen molar-refractivity contribution in [2.24, 2.45) is 0 Å². The van der Waals surface area contributed by atoms with E-state index in [4.69, 9.17) is 4.42 Å². The second-order valence-electron chi connectivity index (χ2n) is 5.58. The molecule has 122 valence electrons. The van der Waals surface area contributed by atoms with Gasteiger partial charge < -0.3 is 4.42 Å². The summed E-state index contributed by atoms with van der Waals surface area (Å²) in [6, 6.07) is 13.6. The largest absolute Gasteiger partial charge is 0.403 e. The number of nitrogens with zero attached hydrogens (tertiary/aromatic N) is 2. The summed E-state index contributed by atoms with van der Waals surface area (Å²) >= 11 is 3.40. The van der Waals surface area contributed by atoms with Gasteiger partial charge in [-0.2, -0.15) is 0 Å². The number of hydrogen-bond acceptors (Lipinski definition) is 4. The van der Waals surface area contributed by atoms with Crippen molar-refractivity contribution in [3.05, 3.63) is 63.6 Å². The van der Waals surface area contributed by atoms with E-state index in [-0.39, 0.29) is 18.3 Å². The molecule has 0 saturated carbocycles. The van der Waals surface area contributed by atoms with Crippen LogP contribution in [0.5, 0.6) is 0 Å². The summed E-state index contributed by atoms with van der Waals surface area (Å²) in [6.45, 7) is 4.02. The molecule has 1 N–H and O–H groups in total. The van der Waals surface area contributed by atoms with Gasteiger partial charge in [-0.25, -0.2) is 0 Å². The maximum Gasteiger partial charge on any atom is 0.322 e. The van der Waals surface area contributed by atoms with Crippen molar-refractivity contribution in [3.63, 3.8) is 0 Å². The highest BCUT2D eigenvalue weighted by molar-refractivity contribution is 9.10. The number of amides is 1. The molecule has 5 nitrogen and oxygen atoms in total. The Morgan fingerprint density at radius 3 is 2.75 bits per heavy atom. The Kier molecular flexibility index (Phi) is 4.76. The predicted molar refractivity (Wildman–Crippen MR) is 95.7 cm³/mol. The van der Waals surface area contributed by atoms with Crippen LogP contribution < -0.4 is 5.32 Å². The lowest BCUT2D eigenvalue weighted by atomic mass is 10.0. The average molecular weight is 386 g/mol. The van der Waals surface area contributed by atoms with E-state index in [0.29, 0.717) is 5.89 Å². The van der Waals surface area contributed by atoms with Crippen LogP contribution in [0.15, 0.2) is 51.4 Å². The van der Waals surface area contributed by atoms with E-state index in [1.807, 2.05) is 50.2 Å². The number of halogens is 1. The number of rotatable bonds is 4. The second kappa shape index (κ2) is 6.97. The van der Waals surface area contributed by atoms with E-state index in [0.717, 1.165) is 21.2 Å². The number of aromatic nitrogens is 2. The van der Waals surface area contributed by atoms with Crippen LogP contribution in [0.1, 0.15) is 16.7 Å². The number of hydrogen-bond donors (Lipinski definition) is 1. The molecular formula is C18H16BrN3O2. The highest BCUT2D eigenvalue weighted by Gasteiger charge is 2.13. The first-order chi connectivity index (χ1) is 11.5. The third-order valence-corrected chi connectivity index (χ3v) is 4.09. The first-order valence-electron chi connectivity index (χ1n) is 7.47. The summed E-state index contributed by atoms with van der Waals surface area (Å²) in [6.07, 6.45) is 0.265. The molecular weight excluding hydrogens is 370 g/mol. The molecule has 1 aromatic heterocycles. The van der Waals surface area contributed by atoms with Crippen molar-refractivity contribution >= 4 is 27.9 Å². The molecule has 0 aliphatic heterocycles. The number of nitrogens with one attached hydrogen (secondary N) is 1. The molecule has 24 heavy (non-hydrogen) atoms. The van der Waals surface area contributed by atoms with Gasteiger partial charge in [-0.1, -0.05) is 50.9 Å². The minimum absolute atomic E-state index is 0.0970. The number of carbonyl (C=O) groups excluding carboxylic acids is 1. The van der Waals surface area contributed by atoms with Crippen LogP contribution in [0.4, 0.5) is 6.01 Å². The van der Waals surface area contributed by atoms with Crippen molar-refractivity contribution in [1.82, 2.24) is 10.2 Å². The maximum atomic E-state index is 12.2. The van der Waals surface area contributed by atoms with Crippen LogP contribution in [0.25, 0.3) is 11.5 Å². The van der Waals surface area contributed by atoms with E-state index >= 15 is 0 Å². The molecule has 0 fully saturated rings. The smallest absolute Gasteiger partial charge is 0.322 e. The van der Waals surface area contributed by atoms with Gasteiger partial charge in [-0.3, -0.25) is 10.1 Å². The molecule has 0 aliphatic carbocycles. The molecule has 0 bridgehead atoms. The SMILES string of the molecule is Cc1ccc(CC(=O)Nc2nnc(-c3cccc(Br)c3)o2)c(C)c1. The quantitative estimate of drug-likeness (QED) is 0.726. The monoisotopic (exact) mass is 385 g/mol. The molecule has 6 heteroatoms. The van der Waals surface area contributed by atoms with Crippen molar-refractivity contribution in [2.45, 2.75) is 20.3 Å². The van der Waals surface area contributed by atoms with Crippen LogP contribution in [-0.2, 0) is 11.2 Å². The van der Waals surface area contributed by atoms with E-state index < -0.39 is 0 Å². The lowest BCUT2D eigenvalue weighted by Gasteiger charge is -2.06. The van der Waals surface area contributed by atoms with E-state index in [9.17, 15) is 4.79 Å². The molecule has 3 rings (SSSR count). The zero-order chi connectivity index (χ0) is 17.1. The van der Waals surface area contributed by atoms with Gasteiger partial charge in [0.25, 0.3) is 0 Å². The van der Waals surface area contributed by atoms with Crippen molar-refractivity contribution in [2.75, 3.05) is 5.32 Å². The minimum Gasteiger partial charge on any atom is -0.403 e. The van der Waals surface area contributed by atoms with Gasteiger partial charge in [0, 0.05) is 10.0 Å². The van der Waals surface area contributed by atoms with Crippen molar-refractivity contribution in [3.8, 4) is 11.5 Å². The molecule has 0 atom stereocenters. The summed E-state index contributed by atoms with van der Waals surface area (Å²) in [7, 11) is 0. The molecule has 0 spiro atoms. The average Bonchev–Trinajstić information content (AvgIpc) is 2.98. The molecule has 2 aromatic carbocycles. The summed E-state index contributed by atoms with van der Waals surface area (Å²) in [5, 5.41) is 10.5. The summed E-state index contributed by atoms with van der Waals surface area (Å²) < 4.78 is 6.42. The van der Waals surface area contributed by atoms with Crippen LogP contribution in [0, 0.1) is 13.8 Å². The Labute approximate surface area is 148 Å². The van der Waals surface area contributed by atoms with Gasteiger partial charge in [0.15, 0.2) is 0 Å². The Balaban J connectivity index is 1.69. The number of aryl methyl sites for hydroxylation is 2. The van der Waals surface area contributed by atoms with E-state index in [1.165, 1.54) is 5.56 Å². The van der Waals surface area contributed by atoms with Gasteiger partial charge in [-0.15, -0.1) is 5.10 Å². The molecule has 0 radical (unpaired) electrons. The van der Waals surface area contributed by atoms with Gasteiger partial charge in [-0.05, 0) is 43.2 Å². The Bertz CT molecular complexity index is 889. The van der Waals surface area contributed by atoms with Crippen LogP contribution in [0.3, 0.4) is 0 Å². The second-order valence-corrected chi connectivity index (χ2v) is 6.49. The van der Waals surface area contributed by atoms with E-state index in [2.05, 4.69) is 37.5 Å². The fourth-order valence-corrected chi connectivity index (χ4v) is 2.79. The Hall–Kier alpha value is -2.47. The maximum absolute atomic E-state index is 12.2. The zero-order valence-electron chi connectivity index (χ0n) is 13.3. The first-order valence-corrected chi connectivity index (χ1v) is 8.26. The Morgan fingerprint density at radius 1 is 1.17 bits per heavy atom. The minimum atomic E-state index is -0.189.